The van der Waals surface area contributed by atoms with Gasteiger partial charge in [-0.05, 0) is 30.7 Å². The standard InChI is InChI=1S/C14H16N4/c1-3-10-18-12-7-5-8-15-13(12)17(2)11-6-4-9-16-14(11)18/h4-9H,3,10H2,1-2H3. The molecule has 18 heavy (non-hydrogen) atoms. The number of fused-ring (bicyclic) bond motifs is 2. The van der Waals surface area contributed by atoms with Crippen molar-refractivity contribution in [1.82, 2.24) is 9.97 Å². The van der Waals surface area contributed by atoms with E-state index in [1.165, 1.54) is 0 Å². The monoisotopic (exact) mass is 240 g/mol. The highest BCUT2D eigenvalue weighted by Crippen LogP contribution is 2.44. The molecule has 0 bridgehead atoms. The third-order valence-corrected chi connectivity index (χ3v) is 3.20. The summed E-state index contributed by atoms with van der Waals surface area (Å²) in [6.45, 7) is 3.13. The Morgan fingerprint density at radius 2 is 1.67 bits per heavy atom. The van der Waals surface area contributed by atoms with Crippen LogP contribution in [0.25, 0.3) is 0 Å². The van der Waals surface area contributed by atoms with Crippen molar-refractivity contribution in [3.05, 3.63) is 36.7 Å². The first kappa shape index (κ1) is 11.0. The number of hydrogen-bond donors (Lipinski definition) is 0. The van der Waals surface area contributed by atoms with E-state index in [1.54, 1.807) is 0 Å². The van der Waals surface area contributed by atoms with Crippen molar-refractivity contribution in [2.45, 2.75) is 13.3 Å². The van der Waals surface area contributed by atoms with Crippen molar-refractivity contribution < 1.29 is 0 Å². The maximum absolute atomic E-state index is 4.53. The molecule has 2 aromatic rings. The van der Waals surface area contributed by atoms with Crippen LogP contribution in [-0.4, -0.2) is 23.6 Å². The molecule has 0 spiro atoms. The third kappa shape index (κ3) is 1.53. The van der Waals surface area contributed by atoms with Gasteiger partial charge < -0.3 is 9.80 Å². The zero-order valence-corrected chi connectivity index (χ0v) is 10.7. The Kier molecular flexibility index (Phi) is 2.63. The smallest absolute Gasteiger partial charge is 0.157 e. The minimum atomic E-state index is 0.955. The van der Waals surface area contributed by atoms with Gasteiger partial charge in [-0.2, -0.15) is 0 Å². The van der Waals surface area contributed by atoms with E-state index in [-0.39, 0.29) is 0 Å². The van der Waals surface area contributed by atoms with E-state index in [1.807, 2.05) is 31.6 Å². The van der Waals surface area contributed by atoms with Crippen LogP contribution in [0.2, 0.25) is 0 Å². The maximum atomic E-state index is 4.53. The number of pyridine rings is 2. The highest BCUT2D eigenvalue weighted by atomic mass is 15.3. The Labute approximate surface area is 107 Å². The van der Waals surface area contributed by atoms with Gasteiger partial charge in [-0.15, -0.1) is 0 Å². The molecule has 3 heterocycles. The second kappa shape index (κ2) is 4.29. The van der Waals surface area contributed by atoms with Gasteiger partial charge in [0.25, 0.3) is 0 Å². The lowest BCUT2D eigenvalue weighted by Crippen LogP contribution is -2.29. The van der Waals surface area contributed by atoms with Gasteiger partial charge in [-0.3, -0.25) is 0 Å². The predicted molar refractivity (Wildman–Crippen MR) is 73.8 cm³/mol. The lowest BCUT2D eigenvalue weighted by atomic mass is 10.2. The van der Waals surface area contributed by atoms with Crippen LogP contribution >= 0.6 is 0 Å². The molecule has 0 unspecified atom stereocenters. The van der Waals surface area contributed by atoms with Crippen LogP contribution in [0.5, 0.6) is 0 Å². The Bertz CT molecular complexity index is 520. The Morgan fingerprint density at radius 1 is 1.00 bits per heavy atom. The summed E-state index contributed by atoms with van der Waals surface area (Å²) in [6.07, 6.45) is 4.76. The summed E-state index contributed by atoms with van der Waals surface area (Å²) < 4.78 is 0. The van der Waals surface area contributed by atoms with Gasteiger partial charge in [-0.1, -0.05) is 6.92 Å². The summed E-state index contributed by atoms with van der Waals surface area (Å²) in [5.41, 5.74) is 2.24. The maximum Gasteiger partial charge on any atom is 0.157 e. The second-order valence-electron chi connectivity index (χ2n) is 4.40. The molecule has 0 N–H and O–H groups in total. The molecule has 0 saturated carbocycles. The van der Waals surface area contributed by atoms with E-state index in [9.17, 15) is 0 Å². The van der Waals surface area contributed by atoms with Crippen LogP contribution in [0, 0.1) is 0 Å². The first-order valence-electron chi connectivity index (χ1n) is 6.24. The number of anilines is 4. The fourth-order valence-electron chi connectivity index (χ4n) is 2.39. The van der Waals surface area contributed by atoms with Crippen molar-refractivity contribution in [1.29, 1.82) is 0 Å². The molecule has 3 rings (SSSR count). The van der Waals surface area contributed by atoms with E-state index < -0.39 is 0 Å². The molecule has 4 nitrogen and oxygen atoms in total. The zero-order chi connectivity index (χ0) is 12.5. The molecule has 0 atom stereocenters. The molecule has 0 amide bonds. The van der Waals surface area contributed by atoms with Crippen molar-refractivity contribution in [2.75, 3.05) is 23.4 Å². The fraction of sp³-hybridized carbons (Fsp3) is 0.286. The minimum Gasteiger partial charge on any atom is -0.325 e. The molecule has 0 aliphatic carbocycles. The Morgan fingerprint density at radius 3 is 2.39 bits per heavy atom. The van der Waals surface area contributed by atoms with Crippen molar-refractivity contribution in [3.8, 4) is 0 Å². The highest BCUT2D eigenvalue weighted by Gasteiger charge is 2.27. The Balaban J connectivity index is 2.20. The van der Waals surface area contributed by atoms with Crippen LogP contribution < -0.4 is 9.80 Å². The zero-order valence-electron chi connectivity index (χ0n) is 10.7. The highest BCUT2D eigenvalue weighted by molar-refractivity contribution is 5.88. The summed E-state index contributed by atoms with van der Waals surface area (Å²) >= 11 is 0. The van der Waals surface area contributed by atoms with Crippen molar-refractivity contribution in [3.63, 3.8) is 0 Å². The number of aromatic nitrogens is 2. The lowest BCUT2D eigenvalue weighted by Gasteiger charge is -2.36. The van der Waals surface area contributed by atoms with E-state index >= 15 is 0 Å². The fourth-order valence-corrected chi connectivity index (χ4v) is 2.39. The van der Waals surface area contributed by atoms with Crippen LogP contribution in [0.15, 0.2) is 36.7 Å². The van der Waals surface area contributed by atoms with Gasteiger partial charge >= 0.3 is 0 Å². The number of nitrogens with zero attached hydrogens (tertiary/aromatic N) is 4. The molecule has 92 valence electrons. The van der Waals surface area contributed by atoms with Crippen LogP contribution in [0.3, 0.4) is 0 Å². The average molecular weight is 240 g/mol. The van der Waals surface area contributed by atoms with E-state index in [0.717, 1.165) is 36.0 Å². The van der Waals surface area contributed by atoms with Gasteiger partial charge in [0.1, 0.15) is 0 Å². The van der Waals surface area contributed by atoms with Gasteiger partial charge in [0.05, 0.1) is 11.4 Å². The summed E-state index contributed by atoms with van der Waals surface area (Å²) in [7, 11) is 2.04. The van der Waals surface area contributed by atoms with E-state index in [4.69, 9.17) is 0 Å². The molecule has 4 heteroatoms. The van der Waals surface area contributed by atoms with Gasteiger partial charge in [0.2, 0.25) is 0 Å². The largest absolute Gasteiger partial charge is 0.325 e. The predicted octanol–water partition coefficient (Wildman–Crippen LogP) is 3.11. The molecule has 0 fully saturated rings. The molecule has 1 aliphatic rings. The summed E-state index contributed by atoms with van der Waals surface area (Å²) in [6, 6.07) is 8.13. The summed E-state index contributed by atoms with van der Waals surface area (Å²) in [5, 5.41) is 0. The molecule has 1 aliphatic heterocycles. The van der Waals surface area contributed by atoms with Gasteiger partial charge in [-0.25, -0.2) is 9.97 Å². The molecule has 2 aromatic heterocycles. The normalized spacial score (nSPS) is 13.2. The first-order valence-corrected chi connectivity index (χ1v) is 6.24. The molecule has 0 saturated heterocycles. The van der Waals surface area contributed by atoms with Crippen LogP contribution in [-0.2, 0) is 0 Å². The second-order valence-corrected chi connectivity index (χ2v) is 4.40. The summed E-state index contributed by atoms with van der Waals surface area (Å²) in [5.74, 6) is 2.01. The van der Waals surface area contributed by atoms with E-state index in [0.29, 0.717) is 0 Å². The van der Waals surface area contributed by atoms with Gasteiger partial charge in [0, 0.05) is 26.0 Å². The molecular formula is C14H16N4. The topological polar surface area (TPSA) is 32.3 Å². The molecule has 0 aromatic carbocycles. The number of hydrogen-bond acceptors (Lipinski definition) is 4. The van der Waals surface area contributed by atoms with Crippen molar-refractivity contribution >= 4 is 23.0 Å². The van der Waals surface area contributed by atoms with Crippen LogP contribution in [0.4, 0.5) is 23.0 Å². The SMILES string of the molecule is CCCN1c2cccnc2N(C)c2cccnc21. The van der Waals surface area contributed by atoms with Crippen LogP contribution in [0.1, 0.15) is 13.3 Å². The number of rotatable bonds is 2. The summed E-state index contributed by atoms with van der Waals surface area (Å²) in [4.78, 5) is 13.4. The average Bonchev–Trinajstić information content (AvgIpc) is 2.43. The minimum absolute atomic E-state index is 0.955. The Hall–Kier alpha value is -2.10. The van der Waals surface area contributed by atoms with E-state index in [2.05, 4.69) is 38.8 Å². The first-order chi connectivity index (χ1) is 8.83. The quantitative estimate of drug-likeness (QED) is 0.807. The third-order valence-electron chi connectivity index (χ3n) is 3.20. The van der Waals surface area contributed by atoms with Crippen molar-refractivity contribution in [2.24, 2.45) is 0 Å². The molecule has 0 radical (unpaired) electrons. The molecular weight excluding hydrogens is 224 g/mol. The lowest BCUT2D eigenvalue weighted by molar-refractivity contribution is 0.853. The van der Waals surface area contributed by atoms with Gasteiger partial charge in [0.15, 0.2) is 11.6 Å².